The van der Waals surface area contributed by atoms with Crippen LogP contribution in [0, 0.1) is 5.82 Å². The van der Waals surface area contributed by atoms with Gasteiger partial charge in [-0.05, 0) is 42.8 Å². The zero-order valence-corrected chi connectivity index (χ0v) is 17.9. The first kappa shape index (κ1) is 22.8. The first-order chi connectivity index (χ1) is 14.8. The van der Waals surface area contributed by atoms with Crippen molar-refractivity contribution in [3.63, 3.8) is 0 Å². The number of nitrogens with two attached hydrogens (primary N) is 1. The van der Waals surface area contributed by atoms with Crippen LogP contribution in [0.15, 0.2) is 42.5 Å². The molecule has 1 unspecified atom stereocenters. The third kappa shape index (κ3) is 6.57. The number of benzene rings is 2. The predicted molar refractivity (Wildman–Crippen MR) is 116 cm³/mol. The van der Waals surface area contributed by atoms with Gasteiger partial charge < -0.3 is 25.4 Å². The van der Waals surface area contributed by atoms with Crippen molar-refractivity contribution in [2.24, 2.45) is 5.73 Å². The lowest BCUT2D eigenvalue weighted by molar-refractivity contribution is -0.144. The molecule has 0 aliphatic carbocycles. The smallest absolute Gasteiger partial charge is 0.316 e. The minimum Gasteiger partial charge on any atom is -0.491 e. The average Bonchev–Trinajstić information content (AvgIpc) is 2.72. The summed E-state index contributed by atoms with van der Waals surface area (Å²) in [6.45, 7) is 2.94. The Hall–Kier alpha value is -2.84. The molecule has 7 nitrogen and oxygen atoms in total. The van der Waals surface area contributed by atoms with Crippen LogP contribution in [0.2, 0.25) is 5.02 Å². The lowest BCUT2D eigenvalue weighted by Crippen LogP contribution is -2.51. The second-order valence-electron chi connectivity index (χ2n) is 7.41. The normalized spacial score (nSPS) is 18.5. The number of rotatable bonds is 7. The zero-order chi connectivity index (χ0) is 22.4. The maximum atomic E-state index is 13.1. The molecular weight excluding hydrogens is 425 g/mol. The molecule has 0 aromatic heterocycles. The fraction of sp³-hybridized carbons (Fsp3) is 0.364. The molecule has 0 radical (unpaired) electrons. The van der Waals surface area contributed by atoms with Crippen LogP contribution in [-0.4, -0.2) is 48.7 Å². The van der Waals surface area contributed by atoms with E-state index >= 15 is 0 Å². The van der Waals surface area contributed by atoms with Gasteiger partial charge in [-0.3, -0.25) is 4.79 Å². The molecule has 2 aromatic carbocycles. The number of carbonyl (C=O) groups excluding carboxylic acids is 2. The van der Waals surface area contributed by atoms with Gasteiger partial charge in [-0.15, -0.1) is 0 Å². The van der Waals surface area contributed by atoms with Crippen molar-refractivity contribution in [3.05, 3.63) is 58.9 Å². The molecule has 3 rings (SSSR count). The van der Waals surface area contributed by atoms with Crippen LogP contribution in [0.1, 0.15) is 18.9 Å². The van der Waals surface area contributed by atoms with E-state index in [4.69, 9.17) is 26.8 Å². The van der Waals surface area contributed by atoms with E-state index in [2.05, 4.69) is 5.32 Å². The Balaban J connectivity index is 1.54. The minimum absolute atomic E-state index is 0.0559. The highest BCUT2D eigenvalue weighted by Gasteiger charge is 2.29. The van der Waals surface area contributed by atoms with Crippen LogP contribution in [0.25, 0.3) is 0 Å². The van der Waals surface area contributed by atoms with E-state index in [0.717, 1.165) is 5.56 Å². The quantitative estimate of drug-likeness (QED) is 0.675. The lowest BCUT2D eigenvalue weighted by Gasteiger charge is -2.38. The van der Waals surface area contributed by atoms with Gasteiger partial charge in [-0.25, -0.2) is 9.18 Å². The van der Waals surface area contributed by atoms with Crippen LogP contribution >= 0.6 is 11.6 Å². The van der Waals surface area contributed by atoms with Crippen LogP contribution in [0.5, 0.6) is 5.75 Å². The number of anilines is 1. The van der Waals surface area contributed by atoms with Gasteiger partial charge in [0.05, 0.1) is 37.5 Å². The molecule has 1 aliphatic heterocycles. The highest BCUT2D eigenvalue weighted by Crippen LogP contribution is 2.28. The van der Waals surface area contributed by atoms with Crippen molar-refractivity contribution >= 4 is 29.2 Å². The summed E-state index contributed by atoms with van der Waals surface area (Å²) in [6, 6.07) is 10.2. The van der Waals surface area contributed by atoms with Crippen LogP contribution in [-0.2, 0) is 16.0 Å². The number of nitrogens with one attached hydrogen (secondary N) is 1. The summed E-state index contributed by atoms with van der Waals surface area (Å²) in [5.41, 5.74) is 6.46. The third-order valence-corrected chi connectivity index (χ3v) is 5.21. The molecule has 3 amide bonds. The summed E-state index contributed by atoms with van der Waals surface area (Å²) in [5, 5.41) is 2.87. The minimum atomic E-state index is -0.738. The molecule has 2 aromatic rings. The molecule has 31 heavy (non-hydrogen) atoms. The molecule has 2 atom stereocenters. The van der Waals surface area contributed by atoms with Crippen molar-refractivity contribution in [1.29, 1.82) is 0 Å². The van der Waals surface area contributed by atoms with E-state index in [1.807, 2.05) is 6.92 Å². The van der Waals surface area contributed by atoms with Gasteiger partial charge in [-0.2, -0.15) is 0 Å². The SMILES string of the molecule is CC1CO[C@@H](Cc2ccc(F)cc2)CN1C(=O)CCOc1ccc(Cl)cc1NC(N)=O. The maximum absolute atomic E-state index is 13.1. The van der Waals surface area contributed by atoms with Gasteiger partial charge in [-0.1, -0.05) is 23.7 Å². The summed E-state index contributed by atoms with van der Waals surface area (Å²) in [4.78, 5) is 25.7. The van der Waals surface area contributed by atoms with E-state index in [9.17, 15) is 14.0 Å². The standard InChI is InChI=1S/C22H25ClFN3O4/c1-14-13-31-18(10-15-2-5-17(24)6-3-15)12-27(14)21(28)8-9-30-20-7-4-16(23)11-19(20)26-22(25)29/h2-7,11,14,18H,8-10,12-13H2,1H3,(H3,25,26,29)/t14?,18-/m0/s1. The van der Waals surface area contributed by atoms with E-state index < -0.39 is 6.03 Å². The third-order valence-electron chi connectivity index (χ3n) is 4.98. The second-order valence-corrected chi connectivity index (χ2v) is 7.85. The number of halogens is 2. The number of nitrogens with zero attached hydrogens (tertiary/aromatic N) is 1. The molecule has 0 bridgehead atoms. The van der Waals surface area contributed by atoms with Gasteiger partial charge in [0, 0.05) is 18.0 Å². The topological polar surface area (TPSA) is 93.9 Å². The maximum Gasteiger partial charge on any atom is 0.316 e. The fourth-order valence-corrected chi connectivity index (χ4v) is 3.59. The Bertz CT molecular complexity index is 925. The highest BCUT2D eigenvalue weighted by atomic mass is 35.5. The highest BCUT2D eigenvalue weighted by molar-refractivity contribution is 6.31. The van der Waals surface area contributed by atoms with Gasteiger partial charge in [0.1, 0.15) is 11.6 Å². The first-order valence-electron chi connectivity index (χ1n) is 9.96. The summed E-state index contributed by atoms with van der Waals surface area (Å²) in [7, 11) is 0. The zero-order valence-electron chi connectivity index (χ0n) is 17.1. The first-order valence-corrected chi connectivity index (χ1v) is 10.3. The number of primary amides is 1. The average molecular weight is 450 g/mol. The van der Waals surface area contributed by atoms with Crippen LogP contribution < -0.4 is 15.8 Å². The van der Waals surface area contributed by atoms with E-state index in [-0.39, 0.29) is 36.9 Å². The van der Waals surface area contributed by atoms with Crippen molar-refractivity contribution < 1.29 is 23.5 Å². The molecule has 0 spiro atoms. The molecule has 1 aliphatic rings. The van der Waals surface area contributed by atoms with E-state index in [0.29, 0.717) is 36.0 Å². The molecule has 1 fully saturated rings. The van der Waals surface area contributed by atoms with Crippen molar-refractivity contribution in [3.8, 4) is 5.75 Å². The molecule has 9 heteroatoms. The molecule has 1 saturated heterocycles. The van der Waals surface area contributed by atoms with Crippen LogP contribution in [0.4, 0.5) is 14.9 Å². The lowest BCUT2D eigenvalue weighted by atomic mass is 10.0. The molecular formula is C22H25ClFN3O4. The predicted octanol–water partition coefficient (Wildman–Crippen LogP) is 3.60. The molecule has 166 valence electrons. The number of carbonyl (C=O) groups is 2. The summed E-state index contributed by atoms with van der Waals surface area (Å²) in [6.07, 6.45) is 0.598. The van der Waals surface area contributed by atoms with Gasteiger partial charge in [0.15, 0.2) is 0 Å². The monoisotopic (exact) mass is 449 g/mol. The summed E-state index contributed by atoms with van der Waals surface area (Å²) >= 11 is 5.94. The molecule has 0 saturated carbocycles. The summed E-state index contributed by atoms with van der Waals surface area (Å²) < 4.78 is 24.6. The number of hydrogen-bond donors (Lipinski definition) is 2. The summed E-state index contributed by atoms with van der Waals surface area (Å²) in [5.74, 6) is 0.0344. The Labute approximate surface area is 185 Å². The largest absolute Gasteiger partial charge is 0.491 e. The van der Waals surface area contributed by atoms with Gasteiger partial charge >= 0.3 is 6.03 Å². The van der Waals surface area contributed by atoms with Crippen molar-refractivity contribution in [2.45, 2.75) is 31.9 Å². The second kappa shape index (κ2) is 10.5. The van der Waals surface area contributed by atoms with Gasteiger partial charge in [0.25, 0.3) is 0 Å². The van der Waals surface area contributed by atoms with Crippen molar-refractivity contribution in [2.75, 3.05) is 25.1 Å². The Morgan fingerprint density at radius 3 is 2.74 bits per heavy atom. The van der Waals surface area contributed by atoms with E-state index in [1.54, 1.807) is 29.2 Å². The number of ether oxygens (including phenoxy) is 2. The Morgan fingerprint density at radius 2 is 2.03 bits per heavy atom. The van der Waals surface area contributed by atoms with E-state index in [1.165, 1.54) is 18.2 Å². The van der Waals surface area contributed by atoms with Crippen molar-refractivity contribution in [1.82, 2.24) is 4.90 Å². The van der Waals surface area contributed by atoms with Gasteiger partial charge in [0.2, 0.25) is 5.91 Å². The fourth-order valence-electron chi connectivity index (χ4n) is 3.42. The number of amides is 3. The number of hydrogen-bond acceptors (Lipinski definition) is 4. The van der Waals surface area contributed by atoms with Crippen LogP contribution in [0.3, 0.4) is 0 Å². The Kier molecular flexibility index (Phi) is 7.70. The number of morpholine rings is 1. The number of urea groups is 1. The molecule has 1 heterocycles. The Morgan fingerprint density at radius 1 is 1.29 bits per heavy atom. The molecule has 3 N–H and O–H groups in total.